The molecule has 0 spiro atoms. The highest BCUT2D eigenvalue weighted by Crippen LogP contribution is 2.24. The molecule has 2 aromatic heterocycles. The minimum absolute atomic E-state index is 0.235. The lowest BCUT2D eigenvalue weighted by Crippen LogP contribution is -2.00. The summed E-state index contributed by atoms with van der Waals surface area (Å²) < 4.78 is 14.7. The largest absolute Gasteiger partial charge is 0.246 e. The highest BCUT2D eigenvalue weighted by atomic mass is 32.1. The maximum absolute atomic E-state index is 12.9. The van der Waals surface area contributed by atoms with Crippen molar-refractivity contribution < 1.29 is 4.39 Å². The van der Waals surface area contributed by atoms with Gasteiger partial charge >= 0.3 is 0 Å². The summed E-state index contributed by atoms with van der Waals surface area (Å²) in [5, 5.41) is 11.1. The molecule has 0 aliphatic carbocycles. The number of thiazole rings is 1. The smallest absolute Gasteiger partial charge is 0.123 e. The van der Waals surface area contributed by atoms with E-state index < -0.39 is 0 Å². The van der Waals surface area contributed by atoms with E-state index in [1.165, 1.54) is 12.1 Å². The molecule has 0 aliphatic rings. The second-order valence-corrected chi connectivity index (χ2v) is 5.67. The van der Waals surface area contributed by atoms with Crippen LogP contribution < -0.4 is 0 Å². The zero-order valence-corrected chi connectivity index (χ0v) is 12.5. The first-order valence-corrected chi connectivity index (χ1v) is 7.72. The van der Waals surface area contributed by atoms with Crippen LogP contribution in [0.1, 0.15) is 24.7 Å². The van der Waals surface area contributed by atoms with E-state index in [1.807, 2.05) is 11.6 Å². The van der Waals surface area contributed by atoms with Crippen molar-refractivity contribution in [2.45, 2.75) is 26.3 Å². The van der Waals surface area contributed by atoms with Crippen LogP contribution >= 0.6 is 11.3 Å². The second kappa shape index (κ2) is 6.13. The Hall–Kier alpha value is -2.08. The van der Waals surface area contributed by atoms with Crippen LogP contribution in [0.2, 0.25) is 0 Å². The maximum Gasteiger partial charge on any atom is 0.123 e. The molecule has 6 heteroatoms. The molecule has 3 aromatic rings. The topological polar surface area (TPSA) is 43.6 Å². The summed E-state index contributed by atoms with van der Waals surface area (Å²) in [7, 11) is 0. The predicted octanol–water partition coefficient (Wildman–Crippen LogP) is 3.54. The highest BCUT2D eigenvalue weighted by molar-refractivity contribution is 7.13. The van der Waals surface area contributed by atoms with E-state index in [2.05, 4.69) is 22.2 Å². The number of aromatic nitrogens is 4. The highest BCUT2D eigenvalue weighted by Gasteiger charge is 2.07. The van der Waals surface area contributed by atoms with Crippen molar-refractivity contribution in [3.05, 3.63) is 53.0 Å². The van der Waals surface area contributed by atoms with Gasteiger partial charge in [0.1, 0.15) is 10.8 Å². The first kappa shape index (κ1) is 13.9. The van der Waals surface area contributed by atoms with Gasteiger partial charge in [-0.3, -0.25) is 0 Å². The quantitative estimate of drug-likeness (QED) is 0.724. The summed E-state index contributed by atoms with van der Waals surface area (Å²) in [6.45, 7) is 2.73. The summed E-state index contributed by atoms with van der Waals surface area (Å²) in [5.74, 6) is -0.235. The molecule has 0 amide bonds. The summed E-state index contributed by atoms with van der Waals surface area (Å²) in [6, 6.07) is 6.38. The first-order valence-electron chi connectivity index (χ1n) is 6.84. The van der Waals surface area contributed by atoms with E-state index in [9.17, 15) is 4.39 Å². The molecule has 108 valence electrons. The van der Waals surface area contributed by atoms with Crippen molar-refractivity contribution in [2.75, 3.05) is 0 Å². The van der Waals surface area contributed by atoms with Crippen molar-refractivity contribution in [1.29, 1.82) is 0 Å². The third-order valence-corrected chi connectivity index (χ3v) is 4.00. The van der Waals surface area contributed by atoms with E-state index in [-0.39, 0.29) is 5.82 Å². The molecule has 0 saturated carbocycles. The van der Waals surface area contributed by atoms with Crippen LogP contribution in [-0.2, 0) is 13.0 Å². The van der Waals surface area contributed by atoms with Gasteiger partial charge in [-0.2, -0.15) is 0 Å². The summed E-state index contributed by atoms with van der Waals surface area (Å²) in [6.07, 6.45) is 3.96. The zero-order chi connectivity index (χ0) is 14.7. The van der Waals surface area contributed by atoms with Crippen LogP contribution in [0.4, 0.5) is 4.39 Å². The van der Waals surface area contributed by atoms with Crippen molar-refractivity contribution >= 4 is 11.3 Å². The van der Waals surface area contributed by atoms with Gasteiger partial charge in [0.25, 0.3) is 0 Å². The predicted molar refractivity (Wildman–Crippen MR) is 80.6 cm³/mol. The molecule has 0 atom stereocenters. The SMILES string of the molecule is CCCc1cn(Cc2csc(-c3ccc(F)cc3)n2)nn1. The molecule has 0 fully saturated rings. The lowest BCUT2D eigenvalue weighted by atomic mass is 10.2. The fourth-order valence-corrected chi connectivity index (χ4v) is 2.87. The van der Waals surface area contributed by atoms with Crippen molar-refractivity contribution in [1.82, 2.24) is 20.0 Å². The average Bonchev–Trinajstić information content (AvgIpc) is 3.11. The minimum atomic E-state index is -0.235. The van der Waals surface area contributed by atoms with Gasteiger partial charge in [-0.1, -0.05) is 18.6 Å². The number of nitrogens with zero attached hydrogens (tertiary/aromatic N) is 4. The van der Waals surface area contributed by atoms with E-state index in [0.717, 1.165) is 34.8 Å². The molecule has 0 aliphatic heterocycles. The fraction of sp³-hybridized carbons (Fsp3) is 0.267. The van der Waals surface area contributed by atoms with Crippen LogP contribution in [-0.4, -0.2) is 20.0 Å². The molecule has 3 rings (SSSR count). The number of rotatable bonds is 5. The van der Waals surface area contributed by atoms with Gasteiger partial charge in [0, 0.05) is 17.1 Å². The minimum Gasteiger partial charge on any atom is -0.246 e. The van der Waals surface area contributed by atoms with Crippen molar-refractivity contribution in [3.63, 3.8) is 0 Å². The van der Waals surface area contributed by atoms with Gasteiger partial charge in [0.05, 0.1) is 17.9 Å². The number of aryl methyl sites for hydroxylation is 1. The van der Waals surface area contributed by atoms with E-state index in [4.69, 9.17) is 0 Å². The second-order valence-electron chi connectivity index (χ2n) is 4.81. The third kappa shape index (κ3) is 3.33. The number of benzene rings is 1. The lowest BCUT2D eigenvalue weighted by molar-refractivity contribution is 0.628. The Labute approximate surface area is 126 Å². The summed E-state index contributed by atoms with van der Waals surface area (Å²) in [5.41, 5.74) is 2.87. The van der Waals surface area contributed by atoms with E-state index in [0.29, 0.717) is 6.54 Å². The van der Waals surface area contributed by atoms with Gasteiger partial charge < -0.3 is 0 Å². The first-order chi connectivity index (χ1) is 10.2. The number of halogens is 1. The lowest BCUT2D eigenvalue weighted by Gasteiger charge is -1.97. The van der Waals surface area contributed by atoms with E-state index in [1.54, 1.807) is 28.2 Å². The number of hydrogen-bond donors (Lipinski definition) is 0. The Balaban J connectivity index is 1.73. The normalized spacial score (nSPS) is 11.0. The standard InChI is InChI=1S/C15H15FN4S/c1-2-3-13-8-20(19-18-13)9-14-10-21-15(17-14)11-4-6-12(16)7-5-11/h4-8,10H,2-3,9H2,1H3. The van der Waals surface area contributed by atoms with Gasteiger partial charge in [-0.25, -0.2) is 14.1 Å². The van der Waals surface area contributed by atoms with Gasteiger partial charge in [-0.15, -0.1) is 16.4 Å². The van der Waals surface area contributed by atoms with Gasteiger partial charge in [0.15, 0.2) is 0 Å². The molecule has 2 heterocycles. The number of hydrogen-bond acceptors (Lipinski definition) is 4. The monoisotopic (exact) mass is 302 g/mol. The molecule has 0 radical (unpaired) electrons. The van der Waals surface area contributed by atoms with Crippen molar-refractivity contribution in [3.8, 4) is 10.6 Å². The molecule has 1 aromatic carbocycles. The van der Waals surface area contributed by atoms with Crippen LogP contribution in [0.5, 0.6) is 0 Å². The van der Waals surface area contributed by atoms with Crippen LogP contribution in [0, 0.1) is 5.82 Å². The Bertz CT molecular complexity index is 717. The molecular formula is C15H15FN4S. The fourth-order valence-electron chi connectivity index (χ4n) is 2.06. The Morgan fingerprint density at radius 2 is 2.00 bits per heavy atom. The van der Waals surface area contributed by atoms with Crippen LogP contribution in [0.15, 0.2) is 35.8 Å². The molecule has 0 N–H and O–H groups in total. The molecule has 0 saturated heterocycles. The molecule has 21 heavy (non-hydrogen) atoms. The summed E-state index contributed by atoms with van der Waals surface area (Å²) in [4.78, 5) is 4.57. The van der Waals surface area contributed by atoms with Crippen LogP contribution in [0.3, 0.4) is 0 Å². The average molecular weight is 302 g/mol. The van der Waals surface area contributed by atoms with Crippen LogP contribution in [0.25, 0.3) is 10.6 Å². The Morgan fingerprint density at radius 1 is 1.19 bits per heavy atom. The van der Waals surface area contributed by atoms with Crippen molar-refractivity contribution in [2.24, 2.45) is 0 Å². The third-order valence-electron chi connectivity index (χ3n) is 3.06. The van der Waals surface area contributed by atoms with Gasteiger partial charge in [0.2, 0.25) is 0 Å². The Morgan fingerprint density at radius 3 is 2.76 bits per heavy atom. The maximum atomic E-state index is 12.9. The summed E-state index contributed by atoms with van der Waals surface area (Å²) >= 11 is 1.55. The molecular weight excluding hydrogens is 287 g/mol. The van der Waals surface area contributed by atoms with Gasteiger partial charge in [-0.05, 0) is 30.7 Å². The molecule has 4 nitrogen and oxygen atoms in total. The Kier molecular flexibility index (Phi) is 4.06. The molecule has 0 unspecified atom stereocenters. The molecule has 0 bridgehead atoms. The zero-order valence-electron chi connectivity index (χ0n) is 11.7. The van der Waals surface area contributed by atoms with E-state index >= 15 is 0 Å².